The van der Waals surface area contributed by atoms with E-state index in [2.05, 4.69) is 22.6 Å². The molecule has 0 unspecified atom stereocenters. The maximum Gasteiger partial charge on any atom is 0.335 e. The number of amides is 3. The lowest BCUT2D eigenvalue weighted by Gasteiger charge is -2.18. The lowest BCUT2D eigenvalue weighted by Crippen LogP contribution is -2.40. The van der Waals surface area contributed by atoms with Gasteiger partial charge in [-0.1, -0.05) is 12.1 Å². The first-order valence-corrected chi connectivity index (χ1v) is 13.0. The first kappa shape index (κ1) is 26.0. The van der Waals surface area contributed by atoms with Crippen molar-refractivity contribution >= 4 is 63.5 Å². The number of hydrogen-bond donors (Lipinski definition) is 1. The van der Waals surface area contributed by atoms with Gasteiger partial charge in [0, 0.05) is 13.1 Å². The van der Waals surface area contributed by atoms with Gasteiger partial charge < -0.3 is 19.5 Å². The number of ether oxygens (including phenoxy) is 2. The van der Waals surface area contributed by atoms with E-state index in [4.69, 9.17) is 14.6 Å². The van der Waals surface area contributed by atoms with Gasteiger partial charge >= 0.3 is 5.97 Å². The minimum atomic E-state index is -0.995. The van der Waals surface area contributed by atoms with Gasteiger partial charge in [-0.05, 0) is 88.7 Å². The lowest BCUT2D eigenvalue weighted by molar-refractivity contribution is -0.135. The number of nitrogens with zero attached hydrogens (tertiary/aromatic N) is 2. The molecule has 2 aliphatic rings. The van der Waals surface area contributed by atoms with E-state index in [9.17, 15) is 19.2 Å². The number of aromatic carboxylic acids is 1. The summed E-state index contributed by atoms with van der Waals surface area (Å²) in [7, 11) is 1.50. The highest BCUT2D eigenvalue weighted by molar-refractivity contribution is 14.1. The van der Waals surface area contributed by atoms with E-state index in [1.54, 1.807) is 35.2 Å². The molecule has 0 aliphatic carbocycles. The molecule has 11 heteroatoms. The molecule has 36 heavy (non-hydrogen) atoms. The average molecular weight is 622 g/mol. The molecule has 0 atom stereocenters. The number of carbonyl (C=O) groups excluding carboxylic acids is 3. The number of rotatable bonds is 8. The van der Waals surface area contributed by atoms with Crippen LogP contribution in [0.4, 0.5) is 4.79 Å². The zero-order valence-electron chi connectivity index (χ0n) is 19.4. The van der Waals surface area contributed by atoms with Crippen LogP contribution < -0.4 is 9.47 Å². The maximum absolute atomic E-state index is 12.9. The molecule has 2 aromatic carbocycles. The fraction of sp³-hybridized carbons (Fsp3) is 0.280. The van der Waals surface area contributed by atoms with Crippen LogP contribution in [0.15, 0.2) is 41.3 Å². The van der Waals surface area contributed by atoms with Crippen molar-refractivity contribution < 1.29 is 33.8 Å². The van der Waals surface area contributed by atoms with Crippen LogP contribution in [0.2, 0.25) is 0 Å². The molecular weight excluding hydrogens is 599 g/mol. The van der Waals surface area contributed by atoms with Gasteiger partial charge in [-0.2, -0.15) is 0 Å². The molecule has 0 saturated carbocycles. The van der Waals surface area contributed by atoms with E-state index in [-0.39, 0.29) is 29.5 Å². The number of benzene rings is 2. The number of halogens is 1. The fourth-order valence-corrected chi connectivity index (χ4v) is 5.47. The number of hydrogen-bond acceptors (Lipinski definition) is 7. The zero-order valence-corrected chi connectivity index (χ0v) is 22.3. The van der Waals surface area contributed by atoms with Crippen molar-refractivity contribution in [2.75, 3.05) is 26.7 Å². The Labute approximate surface area is 225 Å². The summed E-state index contributed by atoms with van der Waals surface area (Å²) >= 11 is 2.90. The molecule has 1 N–H and O–H groups in total. The van der Waals surface area contributed by atoms with Crippen LogP contribution in [-0.2, 0) is 16.2 Å². The van der Waals surface area contributed by atoms with Crippen molar-refractivity contribution in [1.82, 2.24) is 9.80 Å². The Morgan fingerprint density at radius 3 is 2.47 bits per heavy atom. The summed E-state index contributed by atoms with van der Waals surface area (Å²) in [5, 5.41) is 8.57. The van der Waals surface area contributed by atoms with Gasteiger partial charge in [-0.3, -0.25) is 19.3 Å². The third kappa shape index (κ3) is 5.84. The van der Waals surface area contributed by atoms with E-state index < -0.39 is 17.1 Å². The molecule has 2 saturated heterocycles. The van der Waals surface area contributed by atoms with Gasteiger partial charge in [0.15, 0.2) is 11.5 Å². The molecule has 0 radical (unpaired) electrons. The third-order valence-electron chi connectivity index (χ3n) is 5.76. The summed E-state index contributed by atoms with van der Waals surface area (Å²) in [4.78, 5) is 51.6. The lowest BCUT2D eigenvalue weighted by atomic mass is 10.1. The molecule has 2 fully saturated rings. The number of imide groups is 1. The van der Waals surface area contributed by atoms with Crippen LogP contribution in [0.1, 0.15) is 34.3 Å². The largest absolute Gasteiger partial charge is 0.493 e. The first-order valence-electron chi connectivity index (χ1n) is 11.1. The minimum absolute atomic E-state index is 0.195. The number of carboxylic acids is 1. The highest BCUT2D eigenvalue weighted by Gasteiger charge is 2.37. The summed E-state index contributed by atoms with van der Waals surface area (Å²) in [6, 6.07) is 9.89. The molecule has 4 rings (SSSR count). The normalized spacial score (nSPS) is 16.7. The standard InChI is InChI=1S/C25H23IN2O7S/c1-34-19-11-16(10-18(26)22(19)35-14-15-4-6-17(7-5-15)24(31)32)12-20-23(30)28(25(33)36-20)13-21(29)27-8-2-3-9-27/h4-7,10-12H,2-3,8-9,13-14H2,1H3,(H,31,32)/b20-12+. The van der Waals surface area contributed by atoms with E-state index >= 15 is 0 Å². The summed E-state index contributed by atoms with van der Waals surface area (Å²) < 4.78 is 12.2. The van der Waals surface area contributed by atoms with Gasteiger partial charge in [0.25, 0.3) is 11.1 Å². The van der Waals surface area contributed by atoms with Gasteiger partial charge in [0.2, 0.25) is 5.91 Å². The van der Waals surface area contributed by atoms with Crippen molar-refractivity contribution in [2.45, 2.75) is 19.4 Å². The van der Waals surface area contributed by atoms with E-state index in [0.29, 0.717) is 30.2 Å². The Bertz CT molecular complexity index is 1240. The van der Waals surface area contributed by atoms with Crippen LogP contribution >= 0.6 is 34.4 Å². The molecule has 2 heterocycles. The van der Waals surface area contributed by atoms with Gasteiger partial charge in [-0.15, -0.1) is 0 Å². The summed E-state index contributed by atoms with van der Waals surface area (Å²) in [6.07, 6.45) is 3.47. The van der Waals surface area contributed by atoms with E-state index in [0.717, 1.165) is 38.6 Å². The molecule has 0 spiro atoms. The molecule has 2 aliphatic heterocycles. The molecule has 0 bridgehead atoms. The quantitative estimate of drug-likeness (QED) is 0.344. The Balaban J connectivity index is 1.47. The highest BCUT2D eigenvalue weighted by Crippen LogP contribution is 2.37. The monoisotopic (exact) mass is 622 g/mol. The SMILES string of the molecule is COc1cc(/C=C2/SC(=O)N(CC(=O)N3CCCC3)C2=O)cc(I)c1OCc1ccc(C(=O)O)cc1. The Morgan fingerprint density at radius 2 is 1.83 bits per heavy atom. The second-order valence-electron chi connectivity index (χ2n) is 8.18. The second kappa shape index (κ2) is 11.3. The Hall–Kier alpha value is -3.06. The van der Waals surface area contributed by atoms with Crippen molar-refractivity contribution in [2.24, 2.45) is 0 Å². The fourth-order valence-electron chi connectivity index (χ4n) is 3.85. The van der Waals surface area contributed by atoms with Gasteiger partial charge in [-0.25, -0.2) is 4.79 Å². The van der Waals surface area contributed by atoms with Crippen LogP contribution in [0.5, 0.6) is 11.5 Å². The van der Waals surface area contributed by atoms with Crippen molar-refractivity contribution in [3.05, 3.63) is 61.6 Å². The maximum atomic E-state index is 12.9. The van der Waals surface area contributed by atoms with Crippen LogP contribution in [0, 0.1) is 3.57 Å². The number of carbonyl (C=O) groups is 4. The second-order valence-corrected chi connectivity index (χ2v) is 10.3. The van der Waals surface area contributed by atoms with E-state index in [1.165, 1.54) is 19.2 Å². The van der Waals surface area contributed by atoms with Crippen molar-refractivity contribution in [1.29, 1.82) is 0 Å². The predicted molar refractivity (Wildman–Crippen MR) is 142 cm³/mol. The average Bonchev–Trinajstić information content (AvgIpc) is 3.48. The molecule has 3 amide bonds. The number of methoxy groups -OCH3 is 1. The van der Waals surface area contributed by atoms with Crippen LogP contribution in [0.25, 0.3) is 6.08 Å². The molecule has 0 aromatic heterocycles. The van der Waals surface area contributed by atoms with Crippen molar-refractivity contribution in [3.63, 3.8) is 0 Å². The highest BCUT2D eigenvalue weighted by atomic mass is 127. The first-order chi connectivity index (χ1) is 17.3. The summed E-state index contributed by atoms with van der Waals surface area (Å²) in [5.74, 6) is -0.756. The van der Waals surface area contributed by atoms with Gasteiger partial charge in [0.1, 0.15) is 13.2 Å². The van der Waals surface area contributed by atoms with Gasteiger partial charge in [0.05, 0.1) is 21.1 Å². The topological polar surface area (TPSA) is 113 Å². The predicted octanol–water partition coefficient (Wildman–Crippen LogP) is 4.24. The Kier molecular flexibility index (Phi) is 8.19. The number of thioether (sulfide) groups is 1. The molecule has 2 aromatic rings. The minimum Gasteiger partial charge on any atom is -0.493 e. The smallest absolute Gasteiger partial charge is 0.335 e. The van der Waals surface area contributed by atoms with Crippen molar-refractivity contribution in [3.8, 4) is 11.5 Å². The van der Waals surface area contributed by atoms with E-state index in [1.807, 2.05) is 0 Å². The summed E-state index contributed by atoms with van der Waals surface area (Å²) in [5.41, 5.74) is 1.63. The number of carboxylic acid groups (broad SMARTS) is 1. The van der Waals surface area contributed by atoms with Crippen LogP contribution in [0.3, 0.4) is 0 Å². The molecule has 188 valence electrons. The van der Waals surface area contributed by atoms with Crippen LogP contribution in [-0.4, -0.2) is 64.7 Å². The number of likely N-dealkylation sites (tertiary alicyclic amines) is 1. The summed E-state index contributed by atoms with van der Waals surface area (Å²) in [6.45, 7) is 1.27. The third-order valence-corrected chi connectivity index (χ3v) is 7.47. The zero-order chi connectivity index (χ0) is 25.8. The molecule has 9 nitrogen and oxygen atoms in total. The Morgan fingerprint density at radius 1 is 1.14 bits per heavy atom. The molecular formula is C25H23IN2O7S.